The van der Waals surface area contributed by atoms with E-state index < -0.39 is 10.8 Å². The Balaban J connectivity index is 0.000000130. The standard InChI is InChI=1S/C49H26N6O.C23H12Br2N2O.C14H9N/c1-51-30-15-19-44-36(25-30)34-9-3-5-13-42(34)55(44)32-17-21-46-40(27-32)49(37-10-6-22-52-47(37)48-38(49)11-7-23-53-48)39-26-31(16-20-45(39)56-46)54-41-12-4-2-8-33(41)35-24-29(28-50)14-18-43(35)54;24-13-5-7-19-17(11-13)23(18-12-14(25)6-8-20(18)28-19)15-3-1-9-26-21(15)22-16(23)4-2-10-27-22;1-15-12-7-6-11-8-10-4-2-3-5-13(10)14(11)9-12/h2-27H;1-12H;2-7,9H,8H2. The maximum absolute atomic E-state index is 9.80. The number of ether oxygens (including phenoxy) is 2. The third kappa shape index (κ3) is 8.44. The number of hydrogen-bond donors (Lipinski definition) is 0. The van der Waals surface area contributed by atoms with Crippen LogP contribution in [0.2, 0.25) is 0 Å². The second-order valence-corrected chi connectivity index (χ2v) is 26.9. The van der Waals surface area contributed by atoms with Crippen LogP contribution in [-0.4, -0.2) is 29.1 Å². The third-order valence-corrected chi connectivity index (χ3v) is 21.2. The number of nitriles is 1. The van der Waals surface area contributed by atoms with Gasteiger partial charge >= 0.3 is 0 Å². The first-order chi connectivity index (χ1) is 48.7. The number of para-hydroxylation sites is 2. The van der Waals surface area contributed by atoms with Crippen molar-refractivity contribution < 1.29 is 9.47 Å². The molecule has 99 heavy (non-hydrogen) atoms. The minimum Gasteiger partial charge on any atom is -0.457 e. The molecule has 0 amide bonds. The number of aromatic nitrogens is 6. The molecule has 21 rings (SSSR count). The van der Waals surface area contributed by atoms with Crippen LogP contribution in [0.3, 0.4) is 0 Å². The summed E-state index contributed by atoms with van der Waals surface area (Å²) in [4.78, 5) is 26.6. The number of benzene rings is 10. The van der Waals surface area contributed by atoms with Crippen LogP contribution in [0.25, 0.3) is 98.6 Å². The Hall–Kier alpha value is -12.6. The molecule has 0 fully saturated rings. The largest absolute Gasteiger partial charge is 0.457 e. The Kier molecular flexibility index (Phi) is 13.0. The second kappa shape index (κ2) is 22.3. The molecule has 13 heteroatoms. The first kappa shape index (κ1) is 57.8. The summed E-state index contributed by atoms with van der Waals surface area (Å²) < 4.78 is 19.8. The molecule has 0 radical (unpaired) electrons. The van der Waals surface area contributed by atoms with E-state index in [-0.39, 0.29) is 0 Å². The van der Waals surface area contributed by atoms with Gasteiger partial charge in [0.25, 0.3) is 0 Å². The second-order valence-electron chi connectivity index (χ2n) is 25.1. The van der Waals surface area contributed by atoms with E-state index in [9.17, 15) is 5.26 Å². The molecule has 2 spiro atoms. The Morgan fingerprint density at radius 2 is 0.788 bits per heavy atom. The SMILES string of the molecule is Brc1ccc2c(c1)C1(c3cc(Br)ccc3O2)c2cccnc2-c2ncccc21.[C-]#[N+]c1ccc2c(c1)-c1ccccc1C2.[C-]#[N+]c1ccc2c(c1)c1ccccc1n2-c1ccc2c(c1)C1(c3cc(-n4c5ccccc5c5cc(C#N)ccc54)ccc3O2)c2cccnc2-c2ncccc21. The molecule has 6 aromatic heterocycles. The molecule has 0 bridgehead atoms. The Morgan fingerprint density at radius 3 is 1.29 bits per heavy atom. The quantitative estimate of drug-likeness (QED) is 0.158. The lowest BCUT2D eigenvalue weighted by molar-refractivity contribution is 0.435. The summed E-state index contributed by atoms with van der Waals surface area (Å²) in [7, 11) is 0. The smallest absolute Gasteiger partial charge is 0.188 e. The van der Waals surface area contributed by atoms with Crippen molar-refractivity contribution in [3.63, 3.8) is 0 Å². The van der Waals surface area contributed by atoms with E-state index in [2.05, 4.69) is 202 Å². The van der Waals surface area contributed by atoms with Gasteiger partial charge < -0.3 is 18.6 Å². The molecule has 3 aliphatic carbocycles. The first-order valence-corrected chi connectivity index (χ1v) is 33.8. The summed E-state index contributed by atoms with van der Waals surface area (Å²) >= 11 is 7.32. The van der Waals surface area contributed by atoms with Crippen molar-refractivity contribution in [1.82, 2.24) is 29.1 Å². The van der Waals surface area contributed by atoms with Crippen molar-refractivity contribution in [3.8, 4) is 74.3 Å². The van der Waals surface area contributed by atoms with Crippen LogP contribution < -0.4 is 9.47 Å². The van der Waals surface area contributed by atoms with Crippen LogP contribution in [0, 0.1) is 24.5 Å². The molecule has 16 aromatic rings. The number of pyridine rings is 4. The molecule has 0 unspecified atom stereocenters. The molecule has 2 aliphatic heterocycles. The minimum atomic E-state index is -0.828. The van der Waals surface area contributed by atoms with E-state index in [1.165, 1.54) is 22.3 Å². The maximum atomic E-state index is 9.80. The lowest BCUT2D eigenvalue weighted by Crippen LogP contribution is -2.32. The fourth-order valence-corrected chi connectivity index (χ4v) is 16.9. The summed E-state index contributed by atoms with van der Waals surface area (Å²) in [6.07, 6.45) is 8.35. The molecule has 0 atom stereocenters. The van der Waals surface area contributed by atoms with Gasteiger partial charge in [-0.1, -0.05) is 135 Å². The molecule has 10 aromatic carbocycles. The van der Waals surface area contributed by atoms with Gasteiger partial charge in [-0.3, -0.25) is 19.9 Å². The van der Waals surface area contributed by atoms with E-state index in [4.69, 9.17) is 42.6 Å². The van der Waals surface area contributed by atoms with Crippen molar-refractivity contribution in [2.24, 2.45) is 0 Å². The minimum absolute atomic E-state index is 0.524. The summed E-state index contributed by atoms with van der Waals surface area (Å²) in [5, 5.41) is 14.0. The molecular weight excluding hydrogens is 1350 g/mol. The van der Waals surface area contributed by atoms with Crippen LogP contribution in [0.1, 0.15) is 61.2 Å². The van der Waals surface area contributed by atoms with Crippen LogP contribution >= 0.6 is 31.9 Å². The van der Waals surface area contributed by atoms with Gasteiger partial charge in [0.2, 0.25) is 0 Å². The van der Waals surface area contributed by atoms with Crippen LogP contribution in [-0.2, 0) is 17.3 Å². The fourth-order valence-electron chi connectivity index (χ4n) is 16.2. The maximum Gasteiger partial charge on any atom is 0.188 e. The zero-order valence-electron chi connectivity index (χ0n) is 52.3. The van der Waals surface area contributed by atoms with Gasteiger partial charge in [0, 0.05) is 83.5 Å². The van der Waals surface area contributed by atoms with Gasteiger partial charge in [-0.2, -0.15) is 5.26 Å². The zero-order chi connectivity index (χ0) is 66.3. The first-order valence-electron chi connectivity index (χ1n) is 32.3. The lowest BCUT2D eigenvalue weighted by atomic mass is 9.66. The van der Waals surface area contributed by atoms with Crippen LogP contribution in [0.4, 0.5) is 11.4 Å². The number of nitrogens with zero attached hydrogens (tertiary/aromatic N) is 9. The molecule has 8 heterocycles. The van der Waals surface area contributed by atoms with Crippen molar-refractivity contribution >= 4 is 86.8 Å². The van der Waals surface area contributed by atoms with E-state index >= 15 is 0 Å². The van der Waals surface area contributed by atoms with E-state index in [1.807, 2.05) is 128 Å². The molecule has 0 saturated carbocycles. The average molecular weight is 1400 g/mol. The predicted molar refractivity (Wildman–Crippen MR) is 395 cm³/mol. The van der Waals surface area contributed by atoms with Gasteiger partial charge in [0.1, 0.15) is 23.0 Å². The van der Waals surface area contributed by atoms with E-state index in [0.717, 1.165) is 166 Å². The molecule has 11 nitrogen and oxygen atoms in total. The van der Waals surface area contributed by atoms with Gasteiger partial charge in [-0.15, -0.1) is 0 Å². The highest BCUT2D eigenvalue weighted by atomic mass is 79.9. The molecule has 5 aliphatic rings. The molecular formula is C86H47Br2N9O2. The van der Waals surface area contributed by atoms with Crippen molar-refractivity contribution in [3.05, 3.63) is 366 Å². The number of hydrogen-bond acceptors (Lipinski definition) is 7. The Labute approximate surface area is 584 Å². The molecule has 0 saturated heterocycles. The number of fused-ring (bicyclic) bond motifs is 27. The number of rotatable bonds is 2. The zero-order valence-corrected chi connectivity index (χ0v) is 55.5. The topological polar surface area (TPSA) is 112 Å². The van der Waals surface area contributed by atoms with Crippen molar-refractivity contribution in [2.75, 3.05) is 0 Å². The molecule has 462 valence electrons. The van der Waals surface area contributed by atoms with Crippen molar-refractivity contribution in [1.29, 1.82) is 5.26 Å². The van der Waals surface area contributed by atoms with E-state index in [1.54, 1.807) is 0 Å². The van der Waals surface area contributed by atoms with Gasteiger partial charge in [0.05, 0.1) is 80.4 Å². The summed E-state index contributed by atoms with van der Waals surface area (Å²) in [5.41, 5.74) is 24.0. The van der Waals surface area contributed by atoms with E-state index in [0.29, 0.717) is 11.3 Å². The summed E-state index contributed by atoms with van der Waals surface area (Å²) in [6.45, 7) is 14.7. The summed E-state index contributed by atoms with van der Waals surface area (Å²) in [5.74, 6) is 3.23. The molecule has 0 N–H and O–H groups in total. The van der Waals surface area contributed by atoms with Crippen LogP contribution in [0.15, 0.2) is 282 Å². The van der Waals surface area contributed by atoms with Gasteiger partial charge in [0.15, 0.2) is 11.4 Å². The summed E-state index contributed by atoms with van der Waals surface area (Å²) in [6, 6.07) is 87.3. The van der Waals surface area contributed by atoms with Crippen LogP contribution in [0.5, 0.6) is 23.0 Å². The highest BCUT2D eigenvalue weighted by molar-refractivity contribution is 9.10. The van der Waals surface area contributed by atoms with Gasteiger partial charge in [-0.05, 0) is 202 Å². The monoisotopic (exact) mass is 1400 g/mol. The highest BCUT2D eigenvalue weighted by Gasteiger charge is 2.54. The average Bonchev–Trinajstić information content (AvgIpc) is 1.57. The van der Waals surface area contributed by atoms with Crippen molar-refractivity contribution in [2.45, 2.75) is 17.3 Å². The predicted octanol–water partition coefficient (Wildman–Crippen LogP) is 21.8. The Bertz CT molecular complexity index is 6020. The fraction of sp³-hybridized carbons (Fsp3) is 0.0349. The lowest BCUT2D eigenvalue weighted by Gasteiger charge is -2.39. The third-order valence-electron chi connectivity index (χ3n) is 20.2. The Morgan fingerprint density at radius 1 is 0.374 bits per heavy atom. The normalized spacial score (nSPS) is 13.4. The highest BCUT2D eigenvalue weighted by Crippen LogP contribution is 2.64. The number of halogens is 2. The van der Waals surface area contributed by atoms with Gasteiger partial charge in [-0.25, -0.2) is 9.69 Å².